The van der Waals surface area contributed by atoms with Gasteiger partial charge in [-0.15, -0.1) is 13.2 Å². The summed E-state index contributed by atoms with van der Waals surface area (Å²) >= 11 is 5.73. The van der Waals surface area contributed by atoms with Crippen molar-refractivity contribution in [2.24, 2.45) is 0 Å². The molecule has 0 fully saturated rings. The molecule has 0 spiro atoms. The molecule has 0 aliphatic carbocycles. The highest BCUT2D eigenvalue weighted by molar-refractivity contribution is 6.30. The van der Waals surface area contributed by atoms with Crippen molar-refractivity contribution in [2.75, 3.05) is 0 Å². The first-order valence-electron chi connectivity index (χ1n) is 5.20. The lowest BCUT2D eigenvalue weighted by Crippen LogP contribution is -2.17. The maximum absolute atomic E-state index is 12.0. The molecule has 0 atom stereocenters. The maximum atomic E-state index is 12.0. The van der Waals surface area contributed by atoms with E-state index in [2.05, 4.69) is 4.74 Å². The molecule has 0 radical (unpaired) electrons. The number of alkyl halides is 3. The van der Waals surface area contributed by atoms with Crippen LogP contribution in [0.3, 0.4) is 0 Å². The van der Waals surface area contributed by atoms with Gasteiger partial charge in [0.2, 0.25) is 0 Å². The minimum Gasteiger partial charge on any atom is -0.504 e. The van der Waals surface area contributed by atoms with E-state index < -0.39 is 17.9 Å². The third kappa shape index (κ3) is 3.54. The Hall–Kier alpha value is -1.88. The van der Waals surface area contributed by atoms with Crippen LogP contribution >= 0.6 is 11.6 Å². The highest BCUT2D eigenvalue weighted by Gasteiger charge is 2.32. The molecule has 2 aromatic rings. The Morgan fingerprint density at radius 3 is 2.05 bits per heavy atom. The van der Waals surface area contributed by atoms with Gasteiger partial charge >= 0.3 is 6.36 Å². The van der Waals surface area contributed by atoms with Gasteiger partial charge in [0, 0.05) is 5.02 Å². The average molecular weight is 289 g/mol. The summed E-state index contributed by atoms with van der Waals surface area (Å²) in [5, 5.41) is 10.1. The lowest BCUT2D eigenvalue weighted by molar-refractivity contribution is -0.275. The molecule has 0 aromatic heterocycles. The number of aromatic hydroxyl groups is 1. The SMILES string of the molecule is Oc1cc(-c2ccc(Cl)cc2)ccc1OC(F)(F)F. The normalized spacial score (nSPS) is 11.4. The Morgan fingerprint density at radius 2 is 1.53 bits per heavy atom. The molecule has 6 heteroatoms. The van der Waals surface area contributed by atoms with Crippen LogP contribution < -0.4 is 4.74 Å². The number of rotatable bonds is 2. The second kappa shape index (κ2) is 5.01. The van der Waals surface area contributed by atoms with Crippen molar-refractivity contribution in [1.82, 2.24) is 0 Å². The van der Waals surface area contributed by atoms with Crippen LogP contribution in [0, 0.1) is 0 Å². The van der Waals surface area contributed by atoms with Crippen LogP contribution in [0.2, 0.25) is 5.02 Å². The molecule has 2 aromatic carbocycles. The number of phenolic OH excluding ortho intramolecular Hbond substituents is 1. The fourth-order valence-electron chi connectivity index (χ4n) is 1.55. The first-order chi connectivity index (χ1) is 8.85. The van der Waals surface area contributed by atoms with Crippen molar-refractivity contribution in [3.05, 3.63) is 47.5 Å². The summed E-state index contributed by atoms with van der Waals surface area (Å²) in [5.74, 6) is -1.21. The third-order valence-corrected chi connectivity index (χ3v) is 2.61. The van der Waals surface area contributed by atoms with Gasteiger partial charge in [-0.2, -0.15) is 0 Å². The molecule has 0 aliphatic heterocycles. The molecule has 0 bridgehead atoms. The summed E-state index contributed by atoms with van der Waals surface area (Å²) in [6.07, 6.45) is -4.83. The Balaban J connectivity index is 2.31. The zero-order valence-corrected chi connectivity index (χ0v) is 10.2. The predicted molar refractivity (Wildman–Crippen MR) is 65.2 cm³/mol. The van der Waals surface area contributed by atoms with Gasteiger partial charge in [0.25, 0.3) is 0 Å². The molecule has 0 heterocycles. The van der Waals surface area contributed by atoms with Crippen molar-refractivity contribution in [3.63, 3.8) is 0 Å². The lowest BCUT2D eigenvalue weighted by Gasteiger charge is -2.11. The number of hydrogen-bond acceptors (Lipinski definition) is 2. The van der Waals surface area contributed by atoms with E-state index in [1.54, 1.807) is 24.3 Å². The highest BCUT2D eigenvalue weighted by atomic mass is 35.5. The largest absolute Gasteiger partial charge is 0.573 e. The quantitative estimate of drug-likeness (QED) is 0.874. The minimum absolute atomic E-state index is 0.546. The van der Waals surface area contributed by atoms with Crippen LogP contribution in [-0.2, 0) is 0 Å². The van der Waals surface area contributed by atoms with Crippen LogP contribution in [-0.4, -0.2) is 11.5 Å². The van der Waals surface area contributed by atoms with Gasteiger partial charge in [-0.25, -0.2) is 0 Å². The monoisotopic (exact) mass is 288 g/mol. The van der Waals surface area contributed by atoms with Crippen molar-refractivity contribution in [1.29, 1.82) is 0 Å². The minimum atomic E-state index is -4.83. The first-order valence-corrected chi connectivity index (χ1v) is 5.58. The summed E-state index contributed by atoms with van der Waals surface area (Å²) in [6, 6.07) is 10.4. The standard InChI is InChI=1S/C13H8ClF3O2/c14-10-4-1-8(2-5-10)9-3-6-12(11(18)7-9)19-13(15,16)17/h1-7,18H. The molecule has 2 nitrogen and oxygen atoms in total. The summed E-state index contributed by atoms with van der Waals surface area (Å²) < 4.78 is 39.8. The molecule has 0 saturated heterocycles. The van der Waals surface area contributed by atoms with Gasteiger partial charge in [0.05, 0.1) is 0 Å². The Bertz CT molecular complexity index is 579. The molecule has 100 valence electrons. The van der Waals surface area contributed by atoms with E-state index in [-0.39, 0.29) is 0 Å². The first kappa shape index (κ1) is 13.5. The molecular formula is C13H8ClF3O2. The predicted octanol–water partition coefficient (Wildman–Crippen LogP) is 4.61. The van der Waals surface area contributed by atoms with E-state index in [0.717, 1.165) is 11.6 Å². The highest BCUT2D eigenvalue weighted by Crippen LogP contribution is 2.35. The van der Waals surface area contributed by atoms with E-state index in [1.807, 2.05) is 0 Å². The zero-order valence-electron chi connectivity index (χ0n) is 9.41. The zero-order chi connectivity index (χ0) is 14.0. The smallest absolute Gasteiger partial charge is 0.504 e. The second-order valence-corrected chi connectivity index (χ2v) is 4.17. The fourth-order valence-corrected chi connectivity index (χ4v) is 1.68. The van der Waals surface area contributed by atoms with E-state index in [1.165, 1.54) is 12.1 Å². The van der Waals surface area contributed by atoms with E-state index in [0.29, 0.717) is 10.6 Å². The summed E-state index contributed by atoms with van der Waals surface area (Å²) in [4.78, 5) is 0. The van der Waals surface area contributed by atoms with E-state index in [4.69, 9.17) is 11.6 Å². The van der Waals surface area contributed by atoms with Gasteiger partial charge in [0.15, 0.2) is 11.5 Å². The summed E-state index contributed by atoms with van der Waals surface area (Å²) in [6.45, 7) is 0. The van der Waals surface area contributed by atoms with E-state index >= 15 is 0 Å². The van der Waals surface area contributed by atoms with Crippen LogP contribution in [0.25, 0.3) is 11.1 Å². The maximum Gasteiger partial charge on any atom is 0.573 e. The second-order valence-electron chi connectivity index (χ2n) is 3.74. The van der Waals surface area contributed by atoms with Crippen LogP contribution in [0.15, 0.2) is 42.5 Å². The van der Waals surface area contributed by atoms with Crippen molar-refractivity contribution in [3.8, 4) is 22.6 Å². The van der Waals surface area contributed by atoms with Crippen LogP contribution in [0.4, 0.5) is 13.2 Å². The molecule has 0 saturated carbocycles. The topological polar surface area (TPSA) is 29.5 Å². The number of ether oxygens (including phenoxy) is 1. The van der Waals surface area contributed by atoms with Crippen LogP contribution in [0.1, 0.15) is 0 Å². The molecule has 2 rings (SSSR count). The number of phenols is 1. The van der Waals surface area contributed by atoms with Gasteiger partial charge in [0.1, 0.15) is 0 Å². The number of halogens is 4. The van der Waals surface area contributed by atoms with Crippen molar-refractivity contribution >= 4 is 11.6 Å². The molecule has 0 aliphatic rings. The summed E-state index contributed by atoms with van der Waals surface area (Å²) in [5.41, 5.74) is 1.28. The van der Waals surface area contributed by atoms with Crippen molar-refractivity contribution < 1.29 is 23.0 Å². The molecule has 19 heavy (non-hydrogen) atoms. The lowest BCUT2D eigenvalue weighted by atomic mass is 10.1. The van der Waals surface area contributed by atoms with Crippen LogP contribution in [0.5, 0.6) is 11.5 Å². The third-order valence-electron chi connectivity index (χ3n) is 2.36. The molecule has 0 amide bonds. The Morgan fingerprint density at radius 1 is 0.947 bits per heavy atom. The van der Waals surface area contributed by atoms with Gasteiger partial charge in [-0.05, 0) is 35.4 Å². The van der Waals surface area contributed by atoms with Gasteiger partial charge < -0.3 is 9.84 Å². The van der Waals surface area contributed by atoms with E-state index in [9.17, 15) is 18.3 Å². The molecule has 1 N–H and O–H groups in total. The molecule has 0 unspecified atom stereocenters. The average Bonchev–Trinajstić information content (AvgIpc) is 2.31. The van der Waals surface area contributed by atoms with Crippen molar-refractivity contribution in [2.45, 2.75) is 6.36 Å². The Labute approximate surface area is 112 Å². The van der Waals surface area contributed by atoms with Gasteiger partial charge in [-0.1, -0.05) is 29.8 Å². The van der Waals surface area contributed by atoms with Gasteiger partial charge in [-0.3, -0.25) is 0 Å². The number of benzene rings is 2. The molecular weight excluding hydrogens is 281 g/mol. The fraction of sp³-hybridized carbons (Fsp3) is 0.0769. The number of hydrogen-bond donors (Lipinski definition) is 1. The summed E-state index contributed by atoms with van der Waals surface area (Å²) in [7, 11) is 0. The Kier molecular flexibility index (Phi) is 3.57.